The van der Waals surface area contributed by atoms with E-state index in [-0.39, 0.29) is 11.7 Å². The molecule has 2 saturated heterocycles. The highest BCUT2D eigenvalue weighted by Crippen LogP contribution is 2.38. The molecule has 4 aromatic rings. The summed E-state index contributed by atoms with van der Waals surface area (Å²) in [4.78, 5) is 11.1. The van der Waals surface area contributed by atoms with Crippen molar-refractivity contribution >= 4 is 39.9 Å². The van der Waals surface area contributed by atoms with Gasteiger partial charge in [-0.05, 0) is 62.9 Å². The molecule has 36 heavy (non-hydrogen) atoms. The molecule has 186 valence electrons. The first-order chi connectivity index (χ1) is 17.5. The Morgan fingerprint density at radius 2 is 1.86 bits per heavy atom. The van der Waals surface area contributed by atoms with E-state index in [1.165, 1.54) is 12.8 Å². The van der Waals surface area contributed by atoms with Crippen LogP contribution < -0.4 is 9.64 Å². The Balaban J connectivity index is 1.21. The molecule has 0 bridgehead atoms. The van der Waals surface area contributed by atoms with E-state index in [0.717, 1.165) is 60.5 Å². The number of rotatable bonds is 5. The molecule has 2 aliphatic rings. The summed E-state index contributed by atoms with van der Waals surface area (Å²) in [6, 6.07) is 10.0. The second-order valence-electron chi connectivity index (χ2n) is 9.58. The number of aromatic nitrogens is 4. The lowest BCUT2D eigenvalue weighted by molar-refractivity contribution is -0.0147. The predicted molar refractivity (Wildman–Crippen MR) is 142 cm³/mol. The number of anilines is 1. The van der Waals surface area contributed by atoms with E-state index >= 15 is 0 Å². The van der Waals surface area contributed by atoms with Gasteiger partial charge in [0.1, 0.15) is 23.4 Å². The fourth-order valence-corrected chi connectivity index (χ4v) is 6.04. The Labute approximate surface area is 219 Å². The second-order valence-corrected chi connectivity index (χ2v) is 10.4. The molecule has 2 fully saturated rings. The highest BCUT2D eigenvalue weighted by atomic mass is 35.5. The van der Waals surface area contributed by atoms with Crippen LogP contribution in [0.25, 0.3) is 22.2 Å². The van der Waals surface area contributed by atoms with Crippen molar-refractivity contribution in [3.05, 3.63) is 64.5 Å². The van der Waals surface area contributed by atoms with Crippen LogP contribution in [0.4, 0.5) is 5.82 Å². The quantitative estimate of drug-likeness (QED) is 0.316. The number of halogens is 2. The Morgan fingerprint density at radius 1 is 1.06 bits per heavy atom. The van der Waals surface area contributed by atoms with Crippen LogP contribution in [0.15, 0.2) is 48.9 Å². The number of nitrogens with one attached hydrogen (secondary N) is 1. The van der Waals surface area contributed by atoms with E-state index in [1.54, 1.807) is 12.4 Å². The van der Waals surface area contributed by atoms with Crippen LogP contribution in [0.2, 0.25) is 10.0 Å². The van der Waals surface area contributed by atoms with Gasteiger partial charge in [-0.2, -0.15) is 5.10 Å². The number of hydrogen-bond acceptors (Lipinski definition) is 6. The maximum absolute atomic E-state index is 6.32. The van der Waals surface area contributed by atoms with Crippen LogP contribution >= 0.6 is 23.2 Å². The molecule has 1 unspecified atom stereocenters. The van der Waals surface area contributed by atoms with Crippen LogP contribution in [-0.2, 0) is 4.74 Å². The van der Waals surface area contributed by atoms with Crippen LogP contribution in [0.1, 0.15) is 44.3 Å². The van der Waals surface area contributed by atoms with Crippen molar-refractivity contribution in [1.82, 2.24) is 20.2 Å². The number of piperidine rings is 1. The first-order valence-electron chi connectivity index (χ1n) is 12.3. The van der Waals surface area contributed by atoms with Crippen molar-refractivity contribution < 1.29 is 9.47 Å². The van der Waals surface area contributed by atoms with E-state index in [0.29, 0.717) is 21.4 Å². The molecule has 1 atom stereocenters. The molecule has 0 amide bonds. The highest BCUT2D eigenvalue weighted by molar-refractivity contribution is 6.35. The zero-order chi connectivity index (χ0) is 24.7. The smallest absolute Gasteiger partial charge is 0.128 e. The highest BCUT2D eigenvalue weighted by Gasteiger charge is 2.38. The zero-order valence-electron chi connectivity index (χ0n) is 20.0. The maximum Gasteiger partial charge on any atom is 0.128 e. The molecule has 2 aliphatic heterocycles. The van der Waals surface area contributed by atoms with Crippen LogP contribution in [0.3, 0.4) is 0 Å². The van der Waals surface area contributed by atoms with Crippen molar-refractivity contribution in [1.29, 1.82) is 0 Å². The fourth-order valence-electron chi connectivity index (χ4n) is 5.37. The minimum absolute atomic E-state index is 0.107. The lowest BCUT2D eigenvalue weighted by atomic mass is 9.89. The molecule has 1 aromatic carbocycles. The number of benzene rings is 1. The van der Waals surface area contributed by atoms with Crippen molar-refractivity contribution in [3.8, 4) is 17.0 Å². The minimum atomic E-state index is -0.347. The van der Waals surface area contributed by atoms with Gasteiger partial charge in [0, 0.05) is 54.8 Å². The van der Waals surface area contributed by atoms with Gasteiger partial charge in [0.05, 0.1) is 21.2 Å². The molecule has 3 aromatic heterocycles. The molecule has 7 nitrogen and oxygen atoms in total. The van der Waals surface area contributed by atoms with E-state index in [9.17, 15) is 0 Å². The number of H-pyrrole nitrogens is 1. The number of aromatic amines is 1. The Morgan fingerprint density at radius 3 is 2.56 bits per heavy atom. The van der Waals surface area contributed by atoms with Crippen LogP contribution in [-0.4, -0.2) is 45.5 Å². The van der Waals surface area contributed by atoms with Crippen LogP contribution in [0, 0.1) is 0 Å². The number of pyridine rings is 2. The van der Waals surface area contributed by atoms with Gasteiger partial charge in [0.2, 0.25) is 0 Å². The first-order valence-corrected chi connectivity index (χ1v) is 13.1. The Kier molecular flexibility index (Phi) is 6.23. The van der Waals surface area contributed by atoms with E-state index in [1.807, 2.05) is 31.3 Å². The molecule has 1 N–H and O–H groups in total. The van der Waals surface area contributed by atoms with Gasteiger partial charge in [-0.15, -0.1) is 0 Å². The molecule has 6 rings (SSSR count). The normalized spacial score (nSPS) is 18.1. The summed E-state index contributed by atoms with van der Waals surface area (Å²) in [6.07, 6.45) is 9.19. The van der Waals surface area contributed by atoms with Gasteiger partial charge in [0.25, 0.3) is 0 Å². The molecular weight excluding hydrogens is 497 g/mol. The van der Waals surface area contributed by atoms with E-state index in [4.69, 9.17) is 37.7 Å². The molecular formula is C27H27Cl2N5O2. The van der Waals surface area contributed by atoms with Crippen LogP contribution in [0.5, 0.6) is 5.75 Å². The van der Waals surface area contributed by atoms with Gasteiger partial charge < -0.3 is 14.4 Å². The fraction of sp³-hybridized carbons (Fsp3) is 0.370. The third kappa shape index (κ3) is 4.40. The lowest BCUT2D eigenvalue weighted by Gasteiger charge is -2.39. The minimum Gasteiger partial charge on any atom is -0.486 e. The largest absolute Gasteiger partial charge is 0.486 e. The molecule has 1 spiro atoms. The second kappa shape index (κ2) is 9.54. The molecule has 9 heteroatoms. The van der Waals surface area contributed by atoms with Gasteiger partial charge in [0.15, 0.2) is 0 Å². The summed E-state index contributed by atoms with van der Waals surface area (Å²) in [7, 11) is 0. The average Bonchev–Trinajstić information content (AvgIpc) is 3.52. The number of ether oxygens (including phenoxy) is 2. The Hall–Kier alpha value is -2.87. The van der Waals surface area contributed by atoms with Crippen molar-refractivity contribution in [2.24, 2.45) is 0 Å². The molecule has 0 aliphatic carbocycles. The third-order valence-corrected chi connectivity index (χ3v) is 7.95. The maximum atomic E-state index is 6.32. The van der Waals surface area contributed by atoms with Gasteiger partial charge in [-0.25, -0.2) is 4.98 Å². The summed E-state index contributed by atoms with van der Waals surface area (Å²) in [5.74, 6) is 1.69. The number of hydrogen-bond donors (Lipinski definition) is 1. The monoisotopic (exact) mass is 523 g/mol. The van der Waals surface area contributed by atoms with Crippen molar-refractivity contribution in [3.63, 3.8) is 0 Å². The molecule has 0 radical (unpaired) electrons. The van der Waals surface area contributed by atoms with Gasteiger partial charge in [-0.1, -0.05) is 23.2 Å². The summed E-state index contributed by atoms with van der Waals surface area (Å²) >= 11 is 12.6. The van der Waals surface area contributed by atoms with Crippen molar-refractivity contribution in [2.75, 3.05) is 24.6 Å². The first kappa shape index (κ1) is 23.5. The standard InChI is InChI=1S/C27H27Cl2N5O2/c1-17(25-21(28)15-30-16-22(25)29)36-19-4-5-23-20(13-19)26(33-32-23)18-3-6-24(31-14-18)34-10-8-27(9-11-34)7-2-12-35-27/h3-6,13-17H,2,7-12H2,1H3,(H,32,33). The number of nitrogens with zero attached hydrogens (tertiary/aromatic N) is 4. The summed E-state index contributed by atoms with van der Waals surface area (Å²) in [5, 5.41) is 9.59. The lowest BCUT2D eigenvalue weighted by Crippen LogP contribution is -2.44. The third-order valence-electron chi connectivity index (χ3n) is 7.35. The molecule has 5 heterocycles. The predicted octanol–water partition coefficient (Wildman–Crippen LogP) is 6.62. The molecule has 0 saturated carbocycles. The van der Waals surface area contributed by atoms with Gasteiger partial charge >= 0.3 is 0 Å². The van der Waals surface area contributed by atoms with Crippen molar-refractivity contribution in [2.45, 2.75) is 44.3 Å². The van der Waals surface area contributed by atoms with E-state index in [2.05, 4.69) is 32.2 Å². The topological polar surface area (TPSA) is 76.2 Å². The summed E-state index contributed by atoms with van der Waals surface area (Å²) in [6.45, 7) is 4.77. The SMILES string of the molecule is CC(Oc1ccc2[nH]nc(-c3ccc(N4CCC5(CCCO5)CC4)nc3)c2c1)c1c(Cl)cncc1Cl. The summed E-state index contributed by atoms with van der Waals surface area (Å²) < 4.78 is 12.3. The Bertz CT molecular complexity index is 1350. The summed E-state index contributed by atoms with van der Waals surface area (Å²) in [5.41, 5.74) is 3.52. The van der Waals surface area contributed by atoms with E-state index < -0.39 is 0 Å². The average molecular weight is 524 g/mol. The zero-order valence-corrected chi connectivity index (χ0v) is 21.5. The van der Waals surface area contributed by atoms with Gasteiger partial charge in [-0.3, -0.25) is 10.1 Å². The number of fused-ring (bicyclic) bond motifs is 1.